The molecule has 0 amide bonds. The molecular weight excluding hydrogens is 296 g/mol. The first-order valence-corrected chi connectivity index (χ1v) is 8.22. The lowest BCUT2D eigenvalue weighted by atomic mass is 10.0. The highest BCUT2D eigenvalue weighted by atomic mass is 16.5. The van der Waals surface area contributed by atoms with Gasteiger partial charge >= 0.3 is 5.97 Å². The van der Waals surface area contributed by atoms with Crippen LogP contribution in [0.5, 0.6) is 0 Å². The molecule has 0 unspecified atom stereocenters. The smallest absolute Gasteiger partial charge is 0.303 e. The molecule has 1 aromatic rings. The molecule has 1 aliphatic rings. The first kappa shape index (κ1) is 17.5. The van der Waals surface area contributed by atoms with E-state index < -0.39 is 5.97 Å². The number of nitrogens with zero attached hydrogens (tertiary/aromatic N) is 3. The van der Waals surface area contributed by atoms with Crippen LogP contribution < -0.4 is 10.6 Å². The topological polar surface area (TPSA) is 102 Å². The molecule has 1 saturated heterocycles. The van der Waals surface area contributed by atoms with Crippen molar-refractivity contribution >= 4 is 17.7 Å². The number of piperidine rings is 1. The third-order valence-electron chi connectivity index (χ3n) is 4.03. The van der Waals surface area contributed by atoms with Crippen molar-refractivity contribution in [2.24, 2.45) is 0 Å². The van der Waals surface area contributed by atoms with Crippen LogP contribution in [0, 0.1) is 6.92 Å². The number of carbonyl (C=O) groups is 1. The van der Waals surface area contributed by atoms with E-state index in [-0.39, 0.29) is 18.5 Å². The standard InChI is InChI=1S/C16H26N4O3/c1-3-9-23-12-5-4-8-20(10-12)15-13(6-7-14(21)22)11(2)18-16(17)19-15/h12H,3-10H2,1-2H3,(H,21,22)(H2,17,18,19)/t12-/m1/s1. The van der Waals surface area contributed by atoms with Gasteiger partial charge in [0.2, 0.25) is 5.95 Å². The third-order valence-corrected chi connectivity index (χ3v) is 4.03. The Bertz CT molecular complexity index is 550. The summed E-state index contributed by atoms with van der Waals surface area (Å²) in [6.07, 6.45) is 3.72. The summed E-state index contributed by atoms with van der Waals surface area (Å²) in [4.78, 5) is 21.7. The molecule has 0 spiro atoms. The van der Waals surface area contributed by atoms with E-state index in [0.29, 0.717) is 6.42 Å². The van der Waals surface area contributed by atoms with Crippen molar-refractivity contribution in [1.82, 2.24) is 9.97 Å². The number of nitrogens with two attached hydrogens (primary N) is 1. The Morgan fingerprint density at radius 1 is 1.48 bits per heavy atom. The lowest BCUT2D eigenvalue weighted by Crippen LogP contribution is -2.41. The first-order valence-electron chi connectivity index (χ1n) is 8.22. The predicted octanol–water partition coefficient (Wildman–Crippen LogP) is 1.78. The van der Waals surface area contributed by atoms with Crippen LogP contribution in [-0.2, 0) is 16.0 Å². The van der Waals surface area contributed by atoms with Crippen LogP contribution in [0.1, 0.15) is 43.9 Å². The number of hydrogen-bond donors (Lipinski definition) is 2. The second kappa shape index (κ2) is 8.10. The van der Waals surface area contributed by atoms with Gasteiger partial charge < -0.3 is 20.5 Å². The zero-order chi connectivity index (χ0) is 16.8. The van der Waals surface area contributed by atoms with E-state index in [1.54, 1.807) is 0 Å². The van der Waals surface area contributed by atoms with Crippen molar-refractivity contribution in [2.75, 3.05) is 30.3 Å². The van der Waals surface area contributed by atoms with Crippen LogP contribution in [-0.4, -0.2) is 46.8 Å². The Kier molecular flexibility index (Phi) is 6.15. The molecule has 0 radical (unpaired) electrons. The highest BCUT2D eigenvalue weighted by Crippen LogP contribution is 2.27. The van der Waals surface area contributed by atoms with Crippen LogP contribution in [0.15, 0.2) is 0 Å². The van der Waals surface area contributed by atoms with Crippen LogP contribution in [0.2, 0.25) is 0 Å². The fraction of sp³-hybridized carbons (Fsp3) is 0.688. The van der Waals surface area contributed by atoms with E-state index in [1.165, 1.54) is 0 Å². The molecule has 7 nitrogen and oxygen atoms in total. The van der Waals surface area contributed by atoms with Gasteiger partial charge in [0.25, 0.3) is 0 Å². The Morgan fingerprint density at radius 3 is 2.96 bits per heavy atom. The monoisotopic (exact) mass is 322 g/mol. The van der Waals surface area contributed by atoms with Crippen LogP contribution >= 0.6 is 0 Å². The maximum atomic E-state index is 10.9. The van der Waals surface area contributed by atoms with E-state index in [9.17, 15) is 4.79 Å². The van der Waals surface area contributed by atoms with Crippen LogP contribution in [0.4, 0.5) is 11.8 Å². The quantitative estimate of drug-likeness (QED) is 0.789. The van der Waals surface area contributed by atoms with E-state index >= 15 is 0 Å². The Labute approximate surface area is 136 Å². The van der Waals surface area contributed by atoms with Gasteiger partial charge in [-0.1, -0.05) is 6.92 Å². The minimum Gasteiger partial charge on any atom is -0.481 e. The molecule has 0 aromatic carbocycles. The third kappa shape index (κ3) is 4.79. The zero-order valence-corrected chi connectivity index (χ0v) is 13.9. The summed E-state index contributed by atoms with van der Waals surface area (Å²) in [5.74, 6) is 0.171. The summed E-state index contributed by atoms with van der Waals surface area (Å²) in [7, 11) is 0. The molecule has 128 valence electrons. The predicted molar refractivity (Wildman–Crippen MR) is 88.6 cm³/mol. The number of carboxylic acids is 1. The number of rotatable bonds is 7. The maximum absolute atomic E-state index is 10.9. The minimum atomic E-state index is -0.824. The van der Waals surface area contributed by atoms with E-state index in [0.717, 1.165) is 56.0 Å². The van der Waals surface area contributed by atoms with Gasteiger partial charge in [0.05, 0.1) is 6.10 Å². The Morgan fingerprint density at radius 2 is 2.26 bits per heavy atom. The largest absolute Gasteiger partial charge is 0.481 e. The molecule has 2 rings (SSSR count). The summed E-state index contributed by atoms with van der Waals surface area (Å²) < 4.78 is 5.87. The fourth-order valence-corrected chi connectivity index (χ4v) is 2.94. The van der Waals surface area contributed by atoms with Crippen molar-refractivity contribution in [3.05, 3.63) is 11.3 Å². The normalized spacial score (nSPS) is 18.2. The summed E-state index contributed by atoms with van der Waals surface area (Å²) in [6, 6.07) is 0. The molecular formula is C16H26N4O3. The Hall–Kier alpha value is -1.89. The fourth-order valence-electron chi connectivity index (χ4n) is 2.94. The molecule has 7 heteroatoms. The molecule has 2 heterocycles. The number of anilines is 2. The SMILES string of the molecule is CCCO[C@@H]1CCCN(c2nc(N)nc(C)c2CCC(=O)O)C1. The average molecular weight is 322 g/mol. The molecule has 0 saturated carbocycles. The van der Waals surface area contributed by atoms with Crippen molar-refractivity contribution in [3.63, 3.8) is 0 Å². The van der Waals surface area contributed by atoms with Crippen molar-refractivity contribution in [2.45, 2.75) is 52.1 Å². The molecule has 1 atom stereocenters. The van der Waals surface area contributed by atoms with Gasteiger partial charge in [0.15, 0.2) is 0 Å². The second-order valence-electron chi connectivity index (χ2n) is 5.94. The van der Waals surface area contributed by atoms with Crippen molar-refractivity contribution in [3.8, 4) is 0 Å². The lowest BCUT2D eigenvalue weighted by molar-refractivity contribution is -0.136. The molecule has 0 aliphatic carbocycles. The van der Waals surface area contributed by atoms with Gasteiger partial charge in [0, 0.05) is 37.4 Å². The van der Waals surface area contributed by atoms with Crippen molar-refractivity contribution < 1.29 is 14.6 Å². The summed E-state index contributed by atoms with van der Waals surface area (Å²) in [5, 5.41) is 8.96. The van der Waals surface area contributed by atoms with Gasteiger partial charge in [0.1, 0.15) is 5.82 Å². The number of carboxylic acid groups (broad SMARTS) is 1. The van der Waals surface area contributed by atoms with Crippen LogP contribution in [0.3, 0.4) is 0 Å². The summed E-state index contributed by atoms with van der Waals surface area (Å²) in [6.45, 7) is 6.35. The van der Waals surface area contributed by atoms with Crippen LogP contribution in [0.25, 0.3) is 0 Å². The lowest BCUT2D eigenvalue weighted by Gasteiger charge is -2.34. The van der Waals surface area contributed by atoms with Gasteiger partial charge in [-0.25, -0.2) is 4.98 Å². The number of aryl methyl sites for hydroxylation is 1. The van der Waals surface area contributed by atoms with Gasteiger partial charge in [-0.2, -0.15) is 4.98 Å². The molecule has 3 N–H and O–H groups in total. The van der Waals surface area contributed by atoms with Gasteiger partial charge in [-0.15, -0.1) is 0 Å². The molecule has 1 aliphatic heterocycles. The molecule has 0 bridgehead atoms. The molecule has 1 aromatic heterocycles. The number of hydrogen-bond acceptors (Lipinski definition) is 6. The number of ether oxygens (including phenoxy) is 1. The summed E-state index contributed by atoms with van der Waals surface area (Å²) >= 11 is 0. The van der Waals surface area contributed by atoms with Gasteiger partial charge in [-0.3, -0.25) is 4.79 Å². The number of nitrogen functional groups attached to an aromatic ring is 1. The number of aliphatic carboxylic acids is 1. The minimum absolute atomic E-state index is 0.0602. The number of aromatic nitrogens is 2. The second-order valence-corrected chi connectivity index (χ2v) is 5.94. The highest BCUT2D eigenvalue weighted by Gasteiger charge is 2.24. The first-order chi connectivity index (χ1) is 11.0. The zero-order valence-electron chi connectivity index (χ0n) is 13.9. The highest BCUT2D eigenvalue weighted by molar-refractivity contribution is 5.68. The Balaban J connectivity index is 2.20. The van der Waals surface area contributed by atoms with E-state index in [1.807, 2.05) is 6.92 Å². The molecule has 1 fully saturated rings. The van der Waals surface area contributed by atoms with Gasteiger partial charge in [-0.05, 0) is 32.6 Å². The average Bonchev–Trinajstić information content (AvgIpc) is 2.51. The van der Waals surface area contributed by atoms with E-state index in [4.69, 9.17) is 15.6 Å². The summed E-state index contributed by atoms with van der Waals surface area (Å²) in [5.41, 5.74) is 7.44. The maximum Gasteiger partial charge on any atom is 0.303 e. The van der Waals surface area contributed by atoms with E-state index in [2.05, 4.69) is 21.8 Å². The molecule has 23 heavy (non-hydrogen) atoms. The van der Waals surface area contributed by atoms with Crippen molar-refractivity contribution in [1.29, 1.82) is 0 Å².